The molecule has 0 bridgehead atoms. The number of aromatic nitrogens is 1. The molecule has 2 heterocycles. The van der Waals surface area contributed by atoms with Gasteiger partial charge in [-0.1, -0.05) is 18.2 Å². The van der Waals surface area contributed by atoms with E-state index in [1.807, 2.05) is 54.4 Å². The number of hydrogen-bond donors (Lipinski definition) is 0. The topological polar surface area (TPSA) is 48.9 Å². The van der Waals surface area contributed by atoms with Crippen molar-refractivity contribution in [2.75, 3.05) is 56.7 Å². The third-order valence-electron chi connectivity index (χ3n) is 4.76. The number of rotatable bonds is 6. The minimum atomic E-state index is 0.201. The lowest BCUT2D eigenvalue weighted by Gasteiger charge is -2.35. The fraction of sp³-hybridized carbons (Fsp3) is 0.400. The number of carbonyl (C=O) groups excluding carboxylic acids is 1. The third-order valence-corrected chi connectivity index (χ3v) is 4.76. The second kappa shape index (κ2) is 8.56. The minimum Gasteiger partial charge on any atom is -0.495 e. The molecule has 2 aromatic rings. The lowest BCUT2D eigenvalue weighted by molar-refractivity contribution is -0.131. The second-order valence-electron chi connectivity index (χ2n) is 6.40. The molecule has 1 aromatic carbocycles. The van der Waals surface area contributed by atoms with E-state index < -0.39 is 0 Å². The summed E-state index contributed by atoms with van der Waals surface area (Å²) in [5, 5.41) is 0. The summed E-state index contributed by atoms with van der Waals surface area (Å²) < 4.78 is 5.39. The number of nitrogens with zero attached hydrogens (tertiary/aromatic N) is 4. The van der Waals surface area contributed by atoms with E-state index in [2.05, 4.69) is 14.8 Å². The Morgan fingerprint density at radius 2 is 1.85 bits per heavy atom. The van der Waals surface area contributed by atoms with E-state index in [1.165, 1.54) is 0 Å². The first kappa shape index (κ1) is 18.0. The average molecular weight is 354 g/mol. The van der Waals surface area contributed by atoms with Gasteiger partial charge in [0.15, 0.2) is 0 Å². The molecule has 0 atom stereocenters. The Labute approximate surface area is 155 Å². The van der Waals surface area contributed by atoms with Crippen LogP contribution in [-0.2, 0) is 4.79 Å². The van der Waals surface area contributed by atoms with E-state index in [9.17, 15) is 4.79 Å². The third kappa shape index (κ3) is 4.25. The van der Waals surface area contributed by atoms with Gasteiger partial charge in [-0.05, 0) is 24.3 Å². The fourth-order valence-electron chi connectivity index (χ4n) is 3.21. The van der Waals surface area contributed by atoms with Gasteiger partial charge < -0.3 is 19.4 Å². The van der Waals surface area contributed by atoms with Crippen LogP contribution >= 0.6 is 0 Å². The van der Waals surface area contributed by atoms with Crippen molar-refractivity contribution in [3.63, 3.8) is 0 Å². The van der Waals surface area contributed by atoms with Gasteiger partial charge in [0.05, 0.1) is 12.8 Å². The smallest absolute Gasteiger partial charge is 0.224 e. The van der Waals surface area contributed by atoms with Crippen molar-refractivity contribution in [1.29, 1.82) is 0 Å². The Kier molecular flexibility index (Phi) is 5.94. The van der Waals surface area contributed by atoms with Gasteiger partial charge in [-0.3, -0.25) is 4.79 Å². The molecule has 1 amide bonds. The first-order valence-corrected chi connectivity index (χ1v) is 8.97. The molecule has 1 aromatic heterocycles. The molecule has 26 heavy (non-hydrogen) atoms. The highest BCUT2D eigenvalue weighted by atomic mass is 16.5. The van der Waals surface area contributed by atoms with E-state index in [0.29, 0.717) is 13.0 Å². The van der Waals surface area contributed by atoms with E-state index in [-0.39, 0.29) is 5.91 Å². The van der Waals surface area contributed by atoms with Crippen LogP contribution in [0.4, 0.5) is 11.5 Å². The first-order valence-electron chi connectivity index (χ1n) is 8.97. The summed E-state index contributed by atoms with van der Waals surface area (Å²) >= 11 is 0. The predicted molar refractivity (Wildman–Crippen MR) is 104 cm³/mol. The number of hydrogen-bond acceptors (Lipinski definition) is 5. The van der Waals surface area contributed by atoms with Crippen molar-refractivity contribution in [3.05, 3.63) is 48.7 Å². The van der Waals surface area contributed by atoms with Crippen LogP contribution in [-0.4, -0.2) is 62.7 Å². The van der Waals surface area contributed by atoms with Crippen molar-refractivity contribution < 1.29 is 9.53 Å². The van der Waals surface area contributed by atoms with Gasteiger partial charge in [0.2, 0.25) is 5.91 Å². The number of benzene rings is 1. The van der Waals surface area contributed by atoms with Gasteiger partial charge in [0.1, 0.15) is 11.6 Å². The lowest BCUT2D eigenvalue weighted by Crippen LogP contribution is -2.49. The van der Waals surface area contributed by atoms with Gasteiger partial charge in [0, 0.05) is 52.4 Å². The highest BCUT2D eigenvalue weighted by Gasteiger charge is 2.22. The summed E-state index contributed by atoms with van der Waals surface area (Å²) in [6.07, 6.45) is 2.30. The van der Waals surface area contributed by atoms with E-state index >= 15 is 0 Å². The van der Waals surface area contributed by atoms with Gasteiger partial charge in [-0.2, -0.15) is 0 Å². The van der Waals surface area contributed by atoms with Crippen LogP contribution in [0.25, 0.3) is 0 Å². The number of para-hydroxylation sites is 2. The minimum absolute atomic E-state index is 0.201. The number of amides is 1. The molecule has 0 radical (unpaired) electrons. The van der Waals surface area contributed by atoms with E-state index in [4.69, 9.17) is 4.74 Å². The van der Waals surface area contributed by atoms with Crippen molar-refractivity contribution in [2.24, 2.45) is 0 Å². The van der Waals surface area contributed by atoms with Crippen LogP contribution in [0.5, 0.6) is 5.75 Å². The molecule has 1 saturated heterocycles. The number of anilines is 2. The zero-order valence-corrected chi connectivity index (χ0v) is 15.5. The Bertz CT molecular complexity index is 715. The molecule has 1 aliphatic heterocycles. The van der Waals surface area contributed by atoms with Gasteiger partial charge in [-0.15, -0.1) is 0 Å². The SMILES string of the molecule is COc1ccccc1N(C)CCC(=O)N1CCN(c2ccccn2)CC1. The maximum atomic E-state index is 12.6. The van der Waals surface area contributed by atoms with Gasteiger partial charge in [0.25, 0.3) is 0 Å². The molecular weight excluding hydrogens is 328 g/mol. The van der Waals surface area contributed by atoms with Crippen LogP contribution in [0.1, 0.15) is 6.42 Å². The van der Waals surface area contributed by atoms with Crippen molar-refractivity contribution in [3.8, 4) is 5.75 Å². The van der Waals surface area contributed by atoms with Crippen LogP contribution < -0.4 is 14.5 Å². The molecule has 0 aliphatic carbocycles. The Morgan fingerprint density at radius 1 is 1.12 bits per heavy atom. The lowest BCUT2D eigenvalue weighted by atomic mass is 10.2. The molecule has 0 unspecified atom stereocenters. The molecular formula is C20H26N4O2. The number of methoxy groups -OCH3 is 1. The van der Waals surface area contributed by atoms with Crippen LogP contribution in [0.15, 0.2) is 48.7 Å². The van der Waals surface area contributed by atoms with Crippen molar-refractivity contribution in [1.82, 2.24) is 9.88 Å². The number of ether oxygens (including phenoxy) is 1. The van der Waals surface area contributed by atoms with Crippen molar-refractivity contribution >= 4 is 17.4 Å². The van der Waals surface area contributed by atoms with Crippen LogP contribution in [0.3, 0.4) is 0 Å². The molecule has 0 saturated carbocycles. The van der Waals surface area contributed by atoms with Gasteiger partial charge >= 0.3 is 0 Å². The van der Waals surface area contributed by atoms with Crippen LogP contribution in [0, 0.1) is 0 Å². The molecule has 1 fully saturated rings. The standard InChI is InChI=1S/C20H26N4O2/c1-22(17-7-3-4-8-18(17)26-2)12-10-20(25)24-15-13-23(14-16-24)19-9-5-6-11-21-19/h3-9,11H,10,12-16H2,1-2H3. The Morgan fingerprint density at radius 3 is 2.54 bits per heavy atom. The molecule has 138 valence electrons. The summed E-state index contributed by atoms with van der Waals surface area (Å²) in [5.41, 5.74) is 1.00. The summed E-state index contributed by atoms with van der Waals surface area (Å²) in [6, 6.07) is 13.8. The maximum Gasteiger partial charge on any atom is 0.224 e. The molecule has 3 rings (SSSR count). The first-order chi connectivity index (χ1) is 12.7. The molecule has 1 aliphatic rings. The van der Waals surface area contributed by atoms with E-state index in [0.717, 1.165) is 43.4 Å². The van der Waals surface area contributed by atoms with Gasteiger partial charge in [-0.25, -0.2) is 4.98 Å². The number of piperazine rings is 1. The monoisotopic (exact) mass is 354 g/mol. The van der Waals surface area contributed by atoms with Crippen molar-refractivity contribution in [2.45, 2.75) is 6.42 Å². The Hall–Kier alpha value is -2.76. The summed E-state index contributed by atoms with van der Waals surface area (Å²) in [6.45, 7) is 3.80. The number of pyridine rings is 1. The molecule has 0 N–H and O–H groups in total. The maximum absolute atomic E-state index is 12.6. The second-order valence-corrected chi connectivity index (χ2v) is 6.40. The molecule has 6 heteroatoms. The largest absolute Gasteiger partial charge is 0.495 e. The highest BCUT2D eigenvalue weighted by Crippen LogP contribution is 2.26. The number of carbonyl (C=O) groups is 1. The normalized spacial score (nSPS) is 14.2. The molecule has 0 spiro atoms. The highest BCUT2D eigenvalue weighted by molar-refractivity contribution is 5.77. The summed E-state index contributed by atoms with van der Waals surface area (Å²) in [7, 11) is 3.66. The molecule has 6 nitrogen and oxygen atoms in total. The zero-order chi connectivity index (χ0) is 18.4. The fourth-order valence-corrected chi connectivity index (χ4v) is 3.21. The van der Waals surface area contributed by atoms with Crippen LogP contribution in [0.2, 0.25) is 0 Å². The average Bonchev–Trinajstić information content (AvgIpc) is 2.72. The predicted octanol–water partition coefficient (Wildman–Crippen LogP) is 2.27. The summed E-state index contributed by atoms with van der Waals surface area (Å²) in [5.74, 6) is 2.01. The zero-order valence-electron chi connectivity index (χ0n) is 15.5. The quantitative estimate of drug-likeness (QED) is 0.796. The van der Waals surface area contributed by atoms with E-state index in [1.54, 1.807) is 13.3 Å². The summed E-state index contributed by atoms with van der Waals surface area (Å²) in [4.78, 5) is 23.2. The Balaban J connectivity index is 1.49.